The van der Waals surface area contributed by atoms with Crippen LogP contribution in [0.2, 0.25) is 0 Å². The van der Waals surface area contributed by atoms with Crippen LogP contribution in [-0.4, -0.2) is 22.0 Å². The average molecular weight is 399 g/mol. The van der Waals surface area contributed by atoms with Crippen molar-refractivity contribution in [1.82, 2.24) is 15.2 Å². The molecule has 0 saturated carbocycles. The third-order valence-electron chi connectivity index (χ3n) is 4.29. The van der Waals surface area contributed by atoms with Gasteiger partial charge in [-0.05, 0) is 48.5 Å². The molecule has 4 aromatic rings. The summed E-state index contributed by atoms with van der Waals surface area (Å²) in [5.74, 6) is 3.86. The van der Waals surface area contributed by atoms with E-state index in [-0.39, 0.29) is 6.79 Å². The third-order valence-corrected chi connectivity index (χ3v) is 4.29. The lowest BCUT2D eigenvalue weighted by Gasteiger charge is -2.09. The van der Waals surface area contributed by atoms with E-state index in [1.165, 1.54) is 0 Å². The lowest BCUT2D eigenvalue weighted by molar-refractivity contribution is 0.174. The summed E-state index contributed by atoms with van der Waals surface area (Å²) in [7, 11) is 0. The third kappa shape index (κ3) is 4.07. The average Bonchev–Trinajstić information content (AvgIpc) is 3.24. The van der Waals surface area contributed by atoms with Crippen LogP contribution in [0.15, 0.2) is 79.0 Å². The Kier molecular flexibility index (Phi) is 4.71. The molecule has 8 heteroatoms. The molecule has 2 heterocycles. The lowest BCUT2D eigenvalue weighted by Crippen LogP contribution is -2.02. The summed E-state index contributed by atoms with van der Waals surface area (Å²) in [5, 5.41) is 14.4. The Morgan fingerprint density at radius 2 is 1.53 bits per heavy atom. The van der Waals surface area contributed by atoms with Crippen molar-refractivity contribution in [2.75, 3.05) is 17.4 Å². The summed E-state index contributed by atoms with van der Waals surface area (Å²) < 4.78 is 16.5. The highest BCUT2D eigenvalue weighted by molar-refractivity contribution is 5.62. The number of aromatic nitrogens is 3. The van der Waals surface area contributed by atoms with Crippen LogP contribution >= 0.6 is 0 Å². The molecule has 0 fully saturated rings. The first-order valence-electron chi connectivity index (χ1n) is 9.28. The van der Waals surface area contributed by atoms with Gasteiger partial charge in [0.2, 0.25) is 12.7 Å². The second kappa shape index (κ2) is 7.96. The molecule has 0 amide bonds. The molecule has 1 aromatic heterocycles. The quantitative estimate of drug-likeness (QED) is 0.474. The summed E-state index contributed by atoms with van der Waals surface area (Å²) in [4.78, 5) is 4.45. The molecule has 8 nitrogen and oxygen atoms in total. The van der Waals surface area contributed by atoms with E-state index in [9.17, 15) is 0 Å². The smallest absolute Gasteiger partial charge is 0.249 e. The van der Waals surface area contributed by atoms with Crippen LogP contribution in [0.25, 0.3) is 0 Å². The zero-order valence-electron chi connectivity index (χ0n) is 15.8. The van der Waals surface area contributed by atoms with Crippen LogP contribution in [0.5, 0.6) is 23.0 Å². The van der Waals surface area contributed by atoms with Crippen molar-refractivity contribution in [2.24, 2.45) is 0 Å². The first-order chi connectivity index (χ1) is 14.8. The second-order valence-electron chi connectivity index (χ2n) is 6.42. The van der Waals surface area contributed by atoms with Crippen molar-refractivity contribution >= 4 is 23.1 Å². The number of rotatable bonds is 6. The fourth-order valence-corrected chi connectivity index (χ4v) is 2.90. The first kappa shape index (κ1) is 17.7. The van der Waals surface area contributed by atoms with Gasteiger partial charge < -0.3 is 24.8 Å². The van der Waals surface area contributed by atoms with E-state index in [4.69, 9.17) is 14.2 Å². The van der Waals surface area contributed by atoms with Gasteiger partial charge in [-0.15, -0.1) is 5.10 Å². The topological polar surface area (TPSA) is 90.4 Å². The van der Waals surface area contributed by atoms with Crippen molar-refractivity contribution in [3.8, 4) is 23.0 Å². The minimum Gasteiger partial charge on any atom is -0.457 e. The molecule has 148 valence electrons. The summed E-state index contributed by atoms with van der Waals surface area (Å²) in [6, 6.07) is 22.7. The van der Waals surface area contributed by atoms with Gasteiger partial charge in [0, 0.05) is 17.4 Å². The van der Waals surface area contributed by atoms with E-state index in [0.29, 0.717) is 17.5 Å². The number of hydrogen-bond acceptors (Lipinski definition) is 8. The minimum atomic E-state index is 0.228. The maximum Gasteiger partial charge on any atom is 0.249 e. The minimum absolute atomic E-state index is 0.228. The van der Waals surface area contributed by atoms with Crippen LogP contribution in [0.3, 0.4) is 0 Å². The predicted octanol–water partition coefficient (Wildman–Crippen LogP) is 4.88. The van der Waals surface area contributed by atoms with Crippen LogP contribution in [0, 0.1) is 0 Å². The zero-order chi connectivity index (χ0) is 20.2. The Labute approximate surface area is 172 Å². The van der Waals surface area contributed by atoms with E-state index >= 15 is 0 Å². The van der Waals surface area contributed by atoms with Crippen LogP contribution in [-0.2, 0) is 0 Å². The largest absolute Gasteiger partial charge is 0.457 e. The van der Waals surface area contributed by atoms with Gasteiger partial charge in [0.25, 0.3) is 0 Å². The monoisotopic (exact) mass is 399 g/mol. The standard InChI is InChI=1S/C22H17N5O3/c1-2-4-17(5-3-1)30-18-9-6-15(7-10-18)24-21-13-23-27-22(26-21)25-16-8-11-19-20(12-16)29-14-28-19/h1-13H,14H2,(H2,24,25,26,27). The van der Waals surface area contributed by atoms with Crippen LogP contribution < -0.4 is 24.8 Å². The summed E-state index contributed by atoms with van der Waals surface area (Å²) in [6.45, 7) is 0.228. The highest BCUT2D eigenvalue weighted by Gasteiger charge is 2.13. The fourth-order valence-electron chi connectivity index (χ4n) is 2.90. The molecule has 0 spiro atoms. The summed E-state index contributed by atoms with van der Waals surface area (Å²) >= 11 is 0. The van der Waals surface area contributed by atoms with E-state index < -0.39 is 0 Å². The van der Waals surface area contributed by atoms with Crippen LogP contribution in [0.4, 0.5) is 23.1 Å². The van der Waals surface area contributed by atoms with Gasteiger partial charge >= 0.3 is 0 Å². The molecule has 0 saturated heterocycles. The number of ether oxygens (including phenoxy) is 3. The normalized spacial score (nSPS) is 11.7. The molecular weight excluding hydrogens is 382 g/mol. The van der Waals surface area contributed by atoms with Gasteiger partial charge in [-0.3, -0.25) is 0 Å². The number of anilines is 4. The van der Waals surface area contributed by atoms with E-state index in [0.717, 1.165) is 28.6 Å². The molecule has 0 unspecified atom stereocenters. The fraction of sp³-hybridized carbons (Fsp3) is 0.0455. The van der Waals surface area contributed by atoms with Crippen LogP contribution in [0.1, 0.15) is 0 Å². The highest BCUT2D eigenvalue weighted by Crippen LogP contribution is 2.34. The van der Waals surface area contributed by atoms with Crippen molar-refractivity contribution in [3.63, 3.8) is 0 Å². The molecule has 1 aliphatic rings. The van der Waals surface area contributed by atoms with Crippen molar-refractivity contribution in [2.45, 2.75) is 0 Å². The van der Waals surface area contributed by atoms with Crippen molar-refractivity contribution in [3.05, 3.63) is 79.0 Å². The predicted molar refractivity (Wildman–Crippen MR) is 112 cm³/mol. The second-order valence-corrected chi connectivity index (χ2v) is 6.42. The van der Waals surface area contributed by atoms with Crippen molar-refractivity contribution in [1.29, 1.82) is 0 Å². The Balaban J connectivity index is 1.25. The van der Waals surface area contributed by atoms with E-state index in [1.54, 1.807) is 6.20 Å². The SMILES string of the molecule is c1ccc(Oc2ccc(Nc3cnnc(Nc4ccc5c(c4)OCO5)n3)cc2)cc1. The lowest BCUT2D eigenvalue weighted by atomic mass is 10.3. The highest BCUT2D eigenvalue weighted by atomic mass is 16.7. The molecular formula is C22H17N5O3. The van der Waals surface area contributed by atoms with Gasteiger partial charge in [0.15, 0.2) is 17.3 Å². The molecule has 0 bridgehead atoms. The van der Waals surface area contributed by atoms with Gasteiger partial charge in [0.1, 0.15) is 11.5 Å². The molecule has 2 N–H and O–H groups in total. The maximum absolute atomic E-state index is 5.81. The number of nitrogens with one attached hydrogen (secondary N) is 2. The number of nitrogens with zero attached hydrogens (tertiary/aromatic N) is 3. The molecule has 30 heavy (non-hydrogen) atoms. The molecule has 1 aliphatic heterocycles. The Morgan fingerprint density at radius 3 is 2.40 bits per heavy atom. The van der Waals surface area contributed by atoms with Gasteiger partial charge in [0.05, 0.1) is 6.20 Å². The van der Waals surface area contributed by atoms with Gasteiger partial charge in [-0.1, -0.05) is 18.2 Å². The molecule has 0 radical (unpaired) electrons. The Morgan fingerprint density at radius 1 is 0.767 bits per heavy atom. The van der Waals surface area contributed by atoms with Gasteiger partial charge in [-0.2, -0.15) is 10.1 Å². The van der Waals surface area contributed by atoms with E-state index in [2.05, 4.69) is 25.8 Å². The zero-order valence-corrected chi connectivity index (χ0v) is 15.8. The number of hydrogen-bond donors (Lipinski definition) is 2. The molecule has 0 aliphatic carbocycles. The molecule has 0 atom stereocenters. The maximum atomic E-state index is 5.81. The summed E-state index contributed by atoms with van der Waals surface area (Å²) in [6.07, 6.45) is 1.55. The molecule has 5 rings (SSSR count). The number of fused-ring (bicyclic) bond motifs is 1. The number of benzene rings is 3. The van der Waals surface area contributed by atoms with E-state index in [1.807, 2.05) is 72.8 Å². The Hall–Kier alpha value is -4.33. The van der Waals surface area contributed by atoms with Crippen molar-refractivity contribution < 1.29 is 14.2 Å². The molecule has 3 aromatic carbocycles. The Bertz CT molecular complexity index is 1150. The first-order valence-corrected chi connectivity index (χ1v) is 9.28. The summed E-state index contributed by atoms with van der Waals surface area (Å²) in [5.41, 5.74) is 1.63. The number of para-hydroxylation sites is 1. The van der Waals surface area contributed by atoms with Gasteiger partial charge in [-0.25, -0.2) is 0 Å².